The number of amides is 2. The van der Waals surface area contributed by atoms with Crippen molar-refractivity contribution in [1.82, 2.24) is 5.32 Å². The number of ether oxygens (including phenoxy) is 1. The van der Waals surface area contributed by atoms with Crippen molar-refractivity contribution < 1.29 is 14.3 Å². The Morgan fingerprint density at radius 1 is 1.29 bits per heavy atom. The predicted molar refractivity (Wildman–Crippen MR) is 82.1 cm³/mol. The Morgan fingerprint density at radius 2 is 1.86 bits per heavy atom. The van der Waals surface area contributed by atoms with Gasteiger partial charge in [-0.15, -0.1) is 0 Å². The normalized spacial score (nSPS) is 12.6. The van der Waals surface area contributed by atoms with Crippen LogP contribution >= 0.6 is 0 Å². The first-order chi connectivity index (χ1) is 9.79. The van der Waals surface area contributed by atoms with Crippen molar-refractivity contribution in [3.05, 3.63) is 29.8 Å². The number of primary amides is 1. The minimum absolute atomic E-state index is 0.103. The second-order valence-electron chi connectivity index (χ2n) is 5.75. The average molecular weight is 292 g/mol. The molecule has 116 valence electrons. The molecule has 3 N–H and O–H groups in total. The number of nitrogens with two attached hydrogens (primary N) is 1. The fraction of sp³-hybridized carbons (Fsp3) is 0.500. The molecule has 0 aromatic heterocycles. The lowest BCUT2D eigenvalue weighted by molar-refractivity contribution is -0.125. The Bertz CT molecular complexity index is 495. The Morgan fingerprint density at radius 3 is 2.29 bits per heavy atom. The van der Waals surface area contributed by atoms with Crippen molar-refractivity contribution in [1.29, 1.82) is 0 Å². The van der Waals surface area contributed by atoms with Crippen molar-refractivity contribution >= 4 is 11.8 Å². The zero-order chi connectivity index (χ0) is 16.0. The SMILES string of the molecule is CC[C@H](C(=O)NC(C)(C)CC(N)=O)c1ccc(OC)cc1. The molecular weight excluding hydrogens is 268 g/mol. The maximum atomic E-state index is 12.4. The van der Waals surface area contributed by atoms with Gasteiger partial charge in [0, 0.05) is 12.0 Å². The van der Waals surface area contributed by atoms with Gasteiger partial charge < -0.3 is 15.8 Å². The van der Waals surface area contributed by atoms with Crippen LogP contribution in [-0.4, -0.2) is 24.5 Å². The number of hydrogen-bond donors (Lipinski definition) is 2. The Balaban J connectivity index is 2.83. The Hall–Kier alpha value is -2.04. The highest BCUT2D eigenvalue weighted by molar-refractivity contribution is 5.85. The van der Waals surface area contributed by atoms with E-state index in [2.05, 4.69) is 5.32 Å². The first-order valence-electron chi connectivity index (χ1n) is 7.03. The summed E-state index contributed by atoms with van der Waals surface area (Å²) in [5, 5.41) is 2.89. The van der Waals surface area contributed by atoms with Crippen LogP contribution in [0.3, 0.4) is 0 Å². The predicted octanol–water partition coefficient (Wildman–Crippen LogP) is 1.96. The quantitative estimate of drug-likeness (QED) is 0.806. The highest BCUT2D eigenvalue weighted by Crippen LogP contribution is 2.23. The fourth-order valence-corrected chi connectivity index (χ4v) is 2.31. The van der Waals surface area contributed by atoms with Crippen LogP contribution in [0.4, 0.5) is 0 Å². The summed E-state index contributed by atoms with van der Waals surface area (Å²) in [7, 11) is 1.60. The lowest BCUT2D eigenvalue weighted by atomic mass is 9.93. The van der Waals surface area contributed by atoms with E-state index in [0.29, 0.717) is 6.42 Å². The monoisotopic (exact) mass is 292 g/mol. The van der Waals surface area contributed by atoms with Crippen LogP contribution in [0.15, 0.2) is 24.3 Å². The number of hydrogen-bond acceptors (Lipinski definition) is 3. The molecule has 0 unspecified atom stereocenters. The van der Waals surface area contributed by atoms with Gasteiger partial charge in [-0.05, 0) is 38.0 Å². The summed E-state index contributed by atoms with van der Waals surface area (Å²) in [4.78, 5) is 23.5. The molecule has 0 spiro atoms. The van der Waals surface area contributed by atoms with Crippen LogP contribution in [0.2, 0.25) is 0 Å². The maximum Gasteiger partial charge on any atom is 0.227 e. The standard InChI is InChI=1S/C16H24N2O3/c1-5-13(11-6-8-12(21-4)9-7-11)15(20)18-16(2,3)10-14(17)19/h6-9,13H,5,10H2,1-4H3,(H2,17,19)(H,18,20)/t13-/m0/s1. The third kappa shape index (κ3) is 5.10. The average Bonchev–Trinajstić information content (AvgIpc) is 2.38. The van der Waals surface area contributed by atoms with E-state index in [0.717, 1.165) is 11.3 Å². The maximum absolute atomic E-state index is 12.4. The molecule has 1 aromatic rings. The van der Waals surface area contributed by atoms with Crippen molar-refractivity contribution in [3.63, 3.8) is 0 Å². The zero-order valence-corrected chi connectivity index (χ0v) is 13.1. The largest absolute Gasteiger partial charge is 0.497 e. The highest BCUT2D eigenvalue weighted by atomic mass is 16.5. The third-order valence-electron chi connectivity index (χ3n) is 3.32. The molecule has 0 saturated heterocycles. The number of carbonyl (C=O) groups excluding carboxylic acids is 2. The van der Waals surface area contributed by atoms with Crippen LogP contribution in [0.1, 0.15) is 45.1 Å². The molecule has 1 aromatic carbocycles. The highest BCUT2D eigenvalue weighted by Gasteiger charge is 2.27. The Labute approximate surface area is 125 Å². The van der Waals surface area contributed by atoms with E-state index >= 15 is 0 Å². The fourth-order valence-electron chi connectivity index (χ4n) is 2.31. The van der Waals surface area contributed by atoms with Gasteiger partial charge in [0.1, 0.15) is 5.75 Å². The molecule has 1 rings (SSSR count). The smallest absolute Gasteiger partial charge is 0.227 e. The topological polar surface area (TPSA) is 81.4 Å². The van der Waals surface area contributed by atoms with Gasteiger partial charge in [-0.3, -0.25) is 9.59 Å². The molecule has 0 radical (unpaired) electrons. The molecule has 0 heterocycles. The molecule has 0 aliphatic rings. The summed E-state index contributed by atoms with van der Waals surface area (Å²) in [5.41, 5.74) is 5.47. The molecule has 5 nitrogen and oxygen atoms in total. The van der Waals surface area contributed by atoms with E-state index in [9.17, 15) is 9.59 Å². The van der Waals surface area contributed by atoms with Crippen LogP contribution in [0.25, 0.3) is 0 Å². The van der Waals surface area contributed by atoms with Gasteiger partial charge in [-0.2, -0.15) is 0 Å². The molecule has 0 bridgehead atoms. The van der Waals surface area contributed by atoms with Gasteiger partial charge >= 0.3 is 0 Å². The summed E-state index contributed by atoms with van der Waals surface area (Å²) in [6, 6.07) is 7.43. The number of benzene rings is 1. The summed E-state index contributed by atoms with van der Waals surface area (Å²) < 4.78 is 5.12. The summed E-state index contributed by atoms with van der Waals surface area (Å²) >= 11 is 0. The van der Waals surface area contributed by atoms with Crippen molar-refractivity contribution in [2.24, 2.45) is 5.73 Å². The molecule has 0 aliphatic carbocycles. The second-order valence-corrected chi connectivity index (χ2v) is 5.75. The lowest BCUT2D eigenvalue weighted by Gasteiger charge is -2.27. The van der Waals surface area contributed by atoms with Gasteiger partial charge in [0.25, 0.3) is 0 Å². The number of methoxy groups -OCH3 is 1. The molecule has 21 heavy (non-hydrogen) atoms. The van der Waals surface area contributed by atoms with E-state index in [1.165, 1.54) is 0 Å². The molecule has 0 fully saturated rings. The van der Waals surface area contributed by atoms with E-state index in [1.807, 2.05) is 31.2 Å². The van der Waals surface area contributed by atoms with Crippen LogP contribution < -0.4 is 15.8 Å². The minimum atomic E-state index is -0.650. The molecule has 1 atom stereocenters. The van der Waals surface area contributed by atoms with Gasteiger partial charge in [-0.1, -0.05) is 19.1 Å². The zero-order valence-electron chi connectivity index (χ0n) is 13.1. The van der Waals surface area contributed by atoms with E-state index in [-0.39, 0.29) is 18.2 Å². The van der Waals surface area contributed by atoms with Crippen molar-refractivity contribution in [2.45, 2.75) is 45.1 Å². The third-order valence-corrected chi connectivity index (χ3v) is 3.32. The lowest BCUT2D eigenvalue weighted by Crippen LogP contribution is -2.47. The Kier molecular flexibility index (Phi) is 5.76. The van der Waals surface area contributed by atoms with E-state index in [1.54, 1.807) is 21.0 Å². The van der Waals surface area contributed by atoms with Crippen LogP contribution in [-0.2, 0) is 9.59 Å². The first kappa shape index (κ1) is 17.0. The van der Waals surface area contributed by atoms with Crippen LogP contribution in [0.5, 0.6) is 5.75 Å². The van der Waals surface area contributed by atoms with Gasteiger partial charge in [0.2, 0.25) is 11.8 Å². The summed E-state index contributed by atoms with van der Waals surface area (Å²) in [6.45, 7) is 5.53. The van der Waals surface area contributed by atoms with E-state index < -0.39 is 11.4 Å². The molecular formula is C16H24N2O3. The number of rotatable bonds is 7. The first-order valence-corrected chi connectivity index (χ1v) is 7.03. The molecule has 2 amide bonds. The number of nitrogens with one attached hydrogen (secondary N) is 1. The van der Waals surface area contributed by atoms with Gasteiger partial charge in [0.15, 0.2) is 0 Å². The summed E-state index contributed by atoms with van der Waals surface area (Å²) in [5.74, 6) is -0.0437. The molecule has 0 saturated carbocycles. The summed E-state index contributed by atoms with van der Waals surface area (Å²) in [6.07, 6.45) is 0.780. The molecule has 5 heteroatoms. The minimum Gasteiger partial charge on any atom is -0.497 e. The molecule has 0 aliphatic heterocycles. The van der Waals surface area contributed by atoms with Crippen molar-refractivity contribution in [2.75, 3.05) is 7.11 Å². The van der Waals surface area contributed by atoms with Crippen LogP contribution in [0, 0.1) is 0 Å². The van der Waals surface area contributed by atoms with Gasteiger partial charge in [0.05, 0.1) is 13.0 Å². The van der Waals surface area contributed by atoms with Gasteiger partial charge in [-0.25, -0.2) is 0 Å². The number of carbonyl (C=O) groups is 2. The van der Waals surface area contributed by atoms with Crippen molar-refractivity contribution in [3.8, 4) is 5.75 Å². The second kappa shape index (κ2) is 7.11. The van der Waals surface area contributed by atoms with E-state index in [4.69, 9.17) is 10.5 Å².